The molecule has 34 heavy (non-hydrogen) atoms. The van der Waals surface area contributed by atoms with E-state index in [4.69, 9.17) is 16.0 Å². The first kappa shape index (κ1) is 22.7. The highest BCUT2D eigenvalue weighted by molar-refractivity contribution is 6.35. The molecule has 1 unspecified atom stereocenters. The van der Waals surface area contributed by atoms with E-state index in [0.29, 0.717) is 29.3 Å². The second kappa shape index (κ2) is 8.96. The number of furan rings is 1. The van der Waals surface area contributed by atoms with Gasteiger partial charge in [-0.3, -0.25) is 4.79 Å². The molecule has 0 saturated heterocycles. The Hall–Kier alpha value is -3.03. The number of urea groups is 1. The van der Waals surface area contributed by atoms with Crippen LogP contribution >= 0.6 is 11.6 Å². The number of anilines is 1. The van der Waals surface area contributed by atoms with Gasteiger partial charge in [-0.2, -0.15) is 0 Å². The monoisotopic (exact) mass is 481 g/mol. The third-order valence-corrected chi connectivity index (χ3v) is 7.31. The SMILES string of the molecule is CN(CCC(O)c1ccccc1)C(=O)c1cc2cc(Cl)c3c(c2o1)C1(CCCCC1)NC(=O)N3. The molecule has 2 aromatic carbocycles. The van der Waals surface area contributed by atoms with Crippen LogP contribution in [0.1, 0.15) is 66.3 Å². The van der Waals surface area contributed by atoms with Crippen LogP contribution in [0.15, 0.2) is 46.9 Å². The molecule has 1 aliphatic carbocycles. The van der Waals surface area contributed by atoms with E-state index in [-0.39, 0.29) is 17.7 Å². The lowest BCUT2D eigenvalue weighted by Gasteiger charge is -2.42. The van der Waals surface area contributed by atoms with Gasteiger partial charge < -0.3 is 25.1 Å². The Morgan fingerprint density at radius 1 is 1.21 bits per heavy atom. The van der Waals surface area contributed by atoms with E-state index in [1.54, 1.807) is 24.1 Å². The number of aliphatic hydroxyl groups is 1. The van der Waals surface area contributed by atoms with Crippen molar-refractivity contribution in [1.82, 2.24) is 10.2 Å². The molecule has 1 aromatic heterocycles. The maximum atomic E-state index is 13.2. The highest BCUT2D eigenvalue weighted by Crippen LogP contribution is 2.49. The van der Waals surface area contributed by atoms with E-state index < -0.39 is 11.6 Å². The first-order valence-corrected chi connectivity index (χ1v) is 12.1. The van der Waals surface area contributed by atoms with Crippen molar-refractivity contribution in [3.8, 4) is 0 Å². The van der Waals surface area contributed by atoms with Crippen LogP contribution in [0.25, 0.3) is 11.0 Å². The van der Waals surface area contributed by atoms with Gasteiger partial charge in [-0.25, -0.2) is 4.79 Å². The molecule has 1 saturated carbocycles. The van der Waals surface area contributed by atoms with Crippen molar-refractivity contribution in [2.45, 2.75) is 50.2 Å². The fourth-order valence-corrected chi connectivity index (χ4v) is 5.50. The van der Waals surface area contributed by atoms with Crippen molar-refractivity contribution < 1.29 is 19.1 Å². The van der Waals surface area contributed by atoms with Gasteiger partial charge in [-0.15, -0.1) is 0 Å². The molecule has 8 heteroatoms. The van der Waals surface area contributed by atoms with Crippen molar-refractivity contribution in [3.63, 3.8) is 0 Å². The van der Waals surface area contributed by atoms with Crippen LogP contribution in [-0.2, 0) is 5.54 Å². The Morgan fingerprint density at radius 3 is 2.68 bits per heavy atom. The predicted molar refractivity (Wildman–Crippen MR) is 131 cm³/mol. The minimum atomic E-state index is -0.654. The molecule has 7 nitrogen and oxygen atoms in total. The average Bonchev–Trinajstić information content (AvgIpc) is 3.26. The number of carbonyl (C=O) groups is 2. The lowest BCUT2D eigenvalue weighted by atomic mass is 9.74. The highest BCUT2D eigenvalue weighted by Gasteiger charge is 2.44. The lowest BCUT2D eigenvalue weighted by Crippen LogP contribution is -2.52. The number of amides is 3. The molecule has 1 fully saturated rings. The number of benzene rings is 2. The standard InChI is InChI=1S/C26H28ClN3O4/c1-30(13-10-19(31)16-8-4-2-5-9-16)24(32)20-15-17-14-18(27)22-21(23(17)34-20)26(29-25(33)28-22)11-6-3-7-12-26/h2,4-5,8-9,14-15,19,31H,3,6-7,10-13H2,1H3,(H2,28,29,33). The molecule has 2 aliphatic rings. The molecule has 1 spiro atoms. The van der Waals surface area contributed by atoms with E-state index in [1.165, 1.54) is 0 Å². The molecule has 5 rings (SSSR count). The smallest absolute Gasteiger partial charge is 0.319 e. The van der Waals surface area contributed by atoms with Gasteiger partial charge in [-0.05, 0) is 37.0 Å². The van der Waals surface area contributed by atoms with E-state index in [2.05, 4.69) is 10.6 Å². The Kier molecular flexibility index (Phi) is 6.00. The molecular formula is C26H28ClN3O4. The fraction of sp³-hybridized carbons (Fsp3) is 0.385. The number of carbonyl (C=O) groups excluding carboxylic acids is 2. The van der Waals surface area contributed by atoms with Gasteiger partial charge in [0.05, 0.1) is 22.4 Å². The lowest BCUT2D eigenvalue weighted by molar-refractivity contribution is 0.0732. The van der Waals surface area contributed by atoms with Gasteiger partial charge in [0.1, 0.15) is 5.58 Å². The molecule has 3 aromatic rings. The first-order chi connectivity index (χ1) is 16.4. The number of fused-ring (bicyclic) bond motifs is 4. The Balaban J connectivity index is 1.43. The largest absolute Gasteiger partial charge is 0.450 e. The summed E-state index contributed by atoms with van der Waals surface area (Å²) < 4.78 is 6.15. The minimum absolute atomic E-state index is 0.207. The fourth-order valence-electron chi connectivity index (χ4n) is 5.24. The van der Waals surface area contributed by atoms with Crippen molar-refractivity contribution in [3.05, 3.63) is 64.4 Å². The van der Waals surface area contributed by atoms with Crippen molar-refractivity contribution in [2.75, 3.05) is 18.9 Å². The highest BCUT2D eigenvalue weighted by atomic mass is 35.5. The number of nitrogens with zero attached hydrogens (tertiary/aromatic N) is 1. The van der Waals surface area contributed by atoms with E-state index in [9.17, 15) is 14.7 Å². The molecular weight excluding hydrogens is 454 g/mol. The van der Waals surface area contributed by atoms with E-state index in [0.717, 1.165) is 48.6 Å². The number of rotatable bonds is 5. The number of nitrogens with one attached hydrogen (secondary N) is 2. The average molecular weight is 482 g/mol. The predicted octanol–water partition coefficient (Wildman–Crippen LogP) is 5.58. The summed E-state index contributed by atoms with van der Waals surface area (Å²) >= 11 is 6.58. The van der Waals surface area contributed by atoms with Crippen LogP contribution in [0.3, 0.4) is 0 Å². The normalized spacial score (nSPS) is 17.7. The molecule has 0 radical (unpaired) electrons. The van der Waals surface area contributed by atoms with Gasteiger partial charge in [0.25, 0.3) is 5.91 Å². The molecule has 2 heterocycles. The molecule has 3 N–H and O–H groups in total. The van der Waals surface area contributed by atoms with Gasteiger partial charge in [-0.1, -0.05) is 61.2 Å². The van der Waals surface area contributed by atoms with Crippen LogP contribution in [0.4, 0.5) is 10.5 Å². The van der Waals surface area contributed by atoms with Crippen LogP contribution in [0, 0.1) is 0 Å². The van der Waals surface area contributed by atoms with Gasteiger partial charge >= 0.3 is 6.03 Å². The van der Waals surface area contributed by atoms with Crippen molar-refractivity contribution >= 4 is 40.2 Å². The van der Waals surface area contributed by atoms with Crippen LogP contribution in [-0.4, -0.2) is 35.5 Å². The summed E-state index contributed by atoms with van der Waals surface area (Å²) in [6, 6.07) is 12.6. The number of aliphatic hydroxyl groups excluding tert-OH is 1. The zero-order valence-electron chi connectivity index (χ0n) is 19.1. The summed E-state index contributed by atoms with van der Waals surface area (Å²) in [4.78, 5) is 27.1. The molecule has 0 bridgehead atoms. The zero-order chi connectivity index (χ0) is 23.9. The summed E-state index contributed by atoms with van der Waals surface area (Å²) in [5, 5.41) is 17.6. The van der Waals surface area contributed by atoms with Crippen LogP contribution in [0.5, 0.6) is 0 Å². The Morgan fingerprint density at radius 2 is 1.94 bits per heavy atom. The summed E-state index contributed by atoms with van der Waals surface area (Å²) in [7, 11) is 1.69. The van der Waals surface area contributed by atoms with Crippen molar-refractivity contribution in [2.24, 2.45) is 0 Å². The topological polar surface area (TPSA) is 94.8 Å². The van der Waals surface area contributed by atoms with Gasteiger partial charge in [0, 0.05) is 24.5 Å². The Labute approximate surface area is 203 Å². The van der Waals surface area contributed by atoms with Crippen LogP contribution < -0.4 is 10.6 Å². The number of halogens is 1. The maximum Gasteiger partial charge on any atom is 0.319 e. The second-order valence-corrected chi connectivity index (χ2v) is 9.71. The van der Waals surface area contributed by atoms with Crippen LogP contribution in [0.2, 0.25) is 5.02 Å². The summed E-state index contributed by atoms with van der Waals surface area (Å²) in [6.07, 6.45) is 4.45. The quantitative estimate of drug-likeness (QED) is 0.443. The number of hydrogen-bond donors (Lipinski definition) is 3. The Bertz CT molecular complexity index is 1230. The zero-order valence-corrected chi connectivity index (χ0v) is 19.8. The third kappa shape index (κ3) is 4.03. The molecule has 178 valence electrons. The van der Waals surface area contributed by atoms with Gasteiger partial charge in [0.15, 0.2) is 5.76 Å². The van der Waals surface area contributed by atoms with E-state index >= 15 is 0 Å². The molecule has 3 amide bonds. The van der Waals surface area contributed by atoms with Crippen molar-refractivity contribution in [1.29, 1.82) is 0 Å². The second-order valence-electron chi connectivity index (χ2n) is 9.30. The molecule has 1 atom stereocenters. The summed E-state index contributed by atoms with van der Waals surface area (Å²) in [5.74, 6) is -0.0640. The van der Waals surface area contributed by atoms with E-state index in [1.807, 2.05) is 30.3 Å². The first-order valence-electron chi connectivity index (χ1n) is 11.7. The number of hydrogen-bond acceptors (Lipinski definition) is 4. The van der Waals surface area contributed by atoms with Gasteiger partial charge in [0.2, 0.25) is 0 Å². The molecule has 1 aliphatic heterocycles. The summed E-state index contributed by atoms with van der Waals surface area (Å²) in [5.41, 5.74) is 2.24. The third-order valence-electron chi connectivity index (χ3n) is 7.02. The summed E-state index contributed by atoms with van der Waals surface area (Å²) in [6.45, 7) is 0.367. The minimum Gasteiger partial charge on any atom is -0.450 e. The maximum absolute atomic E-state index is 13.2.